The van der Waals surface area contributed by atoms with E-state index in [0.717, 1.165) is 42.7 Å². The summed E-state index contributed by atoms with van der Waals surface area (Å²) in [6.07, 6.45) is 4.74. The van der Waals surface area contributed by atoms with Gasteiger partial charge in [-0.2, -0.15) is 13.2 Å². The van der Waals surface area contributed by atoms with Gasteiger partial charge < -0.3 is 72.7 Å². The Morgan fingerprint density at radius 2 is 1.53 bits per heavy atom. The molecule has 9 rings (SSSR count). The van der Waals surface area contributed by atoms with E-state index in [1.165, 1.54) is 12.1 Å². The first-order chi connectivity index (χ1) is 40.0. The van der Waals surface area contributed by atoms with Gasteiger partial charge in [0.2, 0.25) is 0 Å². The molecule has 6 heterocycles. The van der Waals surface area contributed by atoms with Crippen molar-refractivity contribution in [1.29, 1.82) is 0 Å². The number of benzene rings is 2. The van der Waals surface area contributed by atoms with Gasteiger partial charge in [0.15, 0.2) is 18.4 Å². The predicted octanol–water partition coefficient (Wildman–Crippen LogP) is 10.2. The summed E-state index contributed by atoms with van der Waals surface area (Å²) in [6, 6.07) is 14.4. The molecule has 1 spiro atoms. The van der Waals surface area contributed by atoms with E-state index in [0.29, 0.717) is 49.0 Å². The SMILES string of the molecule is CCC(C)C1OC2(C=CC1C)CC1CC(CC=C(C)C(OC3CC(OC)C(OC4CC(OC)C(O)C(C)O4)C(C)O3)C(C)C=CC=C3COC4C(O)C(C)=CC(C(=O)O1)C34O)O2.CNCCC(Oc1ccc(C(F)(F)F)cc1)c1ccccc1.Cl. The lowest BCUT2D eigenvalue weighted by Crippen LogP contribution is -2.58. The van der Waals surface area contributed by atoms with Crippen molar-refractivity contribution in [3.8, 4) is 5.75 Å². The molecule has 20 heteroatoms. The number of ether oxygens (including phenoxy) is 11. The number of hydrogen-bond acceptors (Lipinski definition) is 16. The normalized spacial score (nSPS) is 37.6. The number of rotatable bonds is 14. The topological polar surface area (TPSA) is 191 Å². The Balaban J connectivity index is 0.000000378. The third-order valence-corrected chi connectivity index (χ3v) is 17.8. The molecule has 0 radical (unpaired) electrons. The zero-order valence-electron chi connectivity index (χ0n) is 50.9. The van der Waals surface area contributed by atoms with Crippen LogP contribution in [-0.2, 0) is 58.3 Å². The van der Waals surface area contributed by atoms with Crippen LogP contribution in [0.25, 0.3) is 0 Å². The molecular weight excluding hydrogens is 1130 g/mol. The maximum Gasteiger partial charge on any atom is 0.416 e. The van der Waals surface area contributed by atoms with Gasteiger partial charge in [-0.15, -0.1) is 12.4 Å². The first-order valence-corrected chi connectivity index (χ1v) is 29.9. The van der Waals surface area contributed by atoms with Gasteiger partial charge in [0.05, 0.1) is 54.9 Å². The summed E-state index contributed by atoms with van der Waals surface area (Å²) in [7, 11) is 5.07. The number of carbonyl (C=O) groups excluding carboxylic acids is 1. The van der Waals surface area contributed by atoms with Crippen LogP contribution in [0, 0.1) is 23.7 Å². The summed E-state index contributed by atoms with van der Waals surface area (Å²) in [5, 5.41) is 37.3. The second kappa shape index (κ2) is 30.0. The largest absolute Gasteiger partial charge is 0.486 e. The maximum atomic E-state index is 14.3. The van der Waals surface area contributed by atoms with Crippen molar-refractivity contribution in [3.05, 3.63) is 125 Å². The third kappa shape index (κ3) is 16.2. The number of halogens is 4. The number of alkyl halides is 3. The number of fused-ring (bicyclic) bond motifs is 2. The predicted molar refractivity (Wildman–Crippen MR) is 314 cm³/mol. The lowest BCUT2D eigenvalue weighted by molar-refractivity contribution is -0.318. The molecule has 0 saturated carbocycles. The van der Waals surface area contributed by atoms with Crippen molar-refractivity contribution in [1.82, 2.24) is 5.32 Å². The van der Waals surface area contributed by atoms with Crippen LogP contribution in [0.5, 0.6) is 5.75 Å². The van der Waals surface area contributed by atoms with Gasteiger partial charge in [0.25, 0.3) is 0 Å². The average Bonchev–Trinajstić information content (AvgIpc) is 1.70. The molecule has 4 saturated heterocycles. The van der Waals surface area contributed by atoms with E-state index >= 15 is 0 Å². The van der Waals surface area contributed by atoms with E-state index in [-0.39, 0.29) is 61.2 Å². The summed E-state index contributed by atoms with van der Waals surface area (Å²) in [4.78, 5) is 14.3. The number of allylic oxidation sites excluding steroid dienone is 2. The van der Waals surface area contributed by atoms with E-state index in [1.54, 1.807) is 40.2 Å². The molecule has 6 aliphatic heterocycles. The molecule has 21 unspecified atom stereocenters. The quantitative estimate of drug-likeness (QED) is 0.103. The molecule has 16 nitrogen and oxygen atoms in total. The molecule has 4 N–H and O–H groups in total. The fourth-order valence-electron chi connectivity index (χ4n) is 12.7. The molecule has 2 aromatic carbocycles. The second-order valence-corrected chi connectivity index (χ2v) is 23.9. The van der Waals surface area contributed by atoms with E-state index in [1.807, 2.05) is 69.5 Å². The van der Waals surface area contributed by atoms with Crippen molar-refractivity contribution in [3.63, 3.8) is 0 Å². The van der Waals surface area contributed by atoms with Crippen LogP contribution in [0.2, 0.25) is 0 Å². The van der Waals surface area contributed by atoms with Crippen molar-refractivity contribution < 1.29 is 85.4 Å². The molecule has 4 fully saturated rings. The minimum absolute atomic E-state index is 0. The Labute approximate surface area is 505 Å². The summed E-state index contributed by atoms with van der Waals surface area (Å²) < 4.78 is 107. The number of methoxy groups -OCH3 is 2. The zero-order valence-corrected chi connectivity index (χ0v) is 51.7. The average molecular weight is 1220 g/mol. The van der Waals surface area contributed by atoms with E-state index in [2.05, 4.69) is 45.2 Å². The highest BCUT2D eigenvalue weighted by atomic mass is 35.5. The fourth-order valence-corrected chi connectivity index (χ4v) is 12.7. The molecule has 2 aromatic rings. The van der Waals surface area contributed by atoms with Crippen LogP contribution in [0.4, 0.5) is 13.2 Å². The Kier molecular flexibility index (Phi) is 24.1. The van der Waals surface area contributed by atoms with Crippen molar-refractivity contribution in [2.45, 2.75) is 210 Å². The van der Waals surface area contributed by atoms with Gasteiger partial charge in [0, 0.05) is 58.2 Å². The highest BCUT2D eigenvalue weighted by molar-refractivity contribution is 5.85. The Bertz CT molecular complexity index is 2620. The molecule has 1 aliphatic carbocycles. The number of nitrogens with one attached hydrogen (secondary N) is 1. The minimum atomic E-state index is -4.33. The van der Waals surface area contributed by atoms with E-state index in [9.17, 15) is 33.3 Å². The molecule has 2 bridgehead atoms. The Morgan fingerprint density at radius 1 is 0.847 bits per heavy atom. The molecule has 7 aliphatic rings. The van der Waals surface area contributed by atoms with E-state index < -0.39 is 103 Å². The number of hydrogen-bond donors (Lipinski definition) is 4. The summed E-state index contributed by atoms with van der Waals surface area (Å²) >= 11 is 0. The summed E-state index contributed by atoms with van der Waals surface area (Å²) in [5.74, 6) is -2.13. The van der Waals surface area contributed by atoms with Gasteiger partial charge in [0.1, 0.15) is 53.9 Å². The molecule has 0 aromatic heterocycles. The Morgan fingerprint density at radius 3 is 2.20 bits per heavy atom. The van der Waals surface area contributed by atoms with Crippen molar-refractivity contribution in [2.75, 3.05) is 34.4 Å². The lowest BCUT2D eigenvalue weighted by Gasteiger charge is -2.48. The minimum Gasteiger partial charge on any atom is -0.486 e. The first kappa shape index (κ1) is 68.5. The van der Waals surface area contributed by atoms with Crippen molar-refractivity contribution >= 4 is 18.4 Å². The van der Waals surface area contributed by atoms with Crippen LogP contribution < -0.4 is 10.1 Å². The van der Waals surface area contributed by atoms with Gasteiger partial charge >= 0.3 is 12.1 Å². The van der Waals surface area contributed by atoms with E-state index in [4.69, 9.17) is 52.1 Å². The van der Waals surface area contributed by atoms with Crippen LogP contribution in [0.15, 0.2) is 114 Å². The van der Waals surface area contributed by atoms with Crippen LogP contribution >= 0.6 is 12.4 Å². The molecule has 21 atom stereocenters. The highest BCUT2D eigenvalue weighted by Gasteiger charge is 2.60. The third-order valence-electron chi connectivity index (χ3n) is 17.8. The summed E-state index contributed by atoms with van der Waals surface area (Å²) in [5.41, 5.74) is 0.457. The number of aliphatic hydroxyl groups is 3. The molecule has 474 valence electrons. The number of carbonyl (C=O) groups is 1. The smallest absolute Gasteiger partial charge is 0.416 e. The second-order valence-electron chi connectivity index (χ2n) is 23.9. The number of esters is 1. The number of aliphatic hydroxyl groups excluding tert-OH is 2. The Hall–Kier alpha value is -4.03. The van der Waals surface area contributed by atoms with Crippen LogP contribution in [-0.4, -0.2) is 153 Å². The molecule has 0 amide bonds. The van der Waals surface area contributed by atoms with Crippen molar-refractivity contribution in [2.24, 2.45) is 23.7 Å². The highest BCUT2D eigenvalue weighted by Crippen LogP contribution is 2.47. The molecule has 85 heavy (non-hydrogen) atoms. The monoisotopic (exact) mass is 1220 g/mol. The molecular formula is C65H91ClF3NO15. The zero-order chi connectivity index (χ0) is 60.7. The van der Waals surface area contributed by atoms with Gasteiger partial charge in [-0.1, -0.05) is 101 Å². The fraction of sp³-hybridized carbons (Fsp3) is 0.646. The standard InChI is InChI=1S/C48H72O14.C17H18F3NO.ClH/c1-11-25(2)43-28(5)17-18-47(62-43)23-34-20-33(61-47)16-15-27(4)42(26(3)13-12-14-32-24-55-45-40(49)29(6)19-35(46(51)58-34)48(32,45)52)59-39-22-37(54-10)44(31(8)57-39)60-38-21-36(53-9)41(50)30(7)56-38;1-21-12-11-16(13-5-3-2-4-6-13)22-15-9-7-14(8-10-15)17(18,19)20;/h12-15,17-19,25-26,28,30-31,33-45,49-50,52H,11,16,20-24H2,1-10H3;2-10,16,21H,11-12H2,1H3;1H. The van der Waals surface area contributed by atoms with Gasteiger partial charge in [-0.25, -0.2) is 0 Å². The first-order valence-electron chi connectivity index (χ1n) is 29.9. The van der Waals surface area contributed by atoms with Crippen LogP contribution in [0.3, 0.4) is 0 Å². The van der Waals surface area contributed by atoms with Crippen LogP contribution in [0.1, 0.15) is 118 Å². The van der Waals surface area contributed by atoms with Gasteiger partial charge in [-0.05, 0) is 106 Å². The van der Waals surface area contributed by atoms with Gasteiger partial charge in [-0.3, -0.25) is 4.79 Å². The maximum absolute atomic E-state index is 14.3. The lowest BCUT2D eigenvalue weighted by atomic mass is 9.71. The summed E-state index contributed by atoms with van der Waals surface area (Å²) in [6.45, 7) is 16.8.